The van der Waals surface area contributed by atoms with E-state index in [1.54, 1.807) is 0 Å². The van der Waals surface area contributed by atoms with Crippen LogP contribution in [0.2, 0.25) is 0 Å². The molecule has 2 aromatic carbocycles. The number of azo groups is 1. The molecule has 0 heterocycles. The van der Waals surface area contributed by atoms with Crippen molar-refractivity contribution in [1.82, 2.24) is 0 Å². The van der Waals surface area contributed by atoms with Crippen LogP contribution in [0.25, 0.3) is 0 Å². The number of nitrogens with zero attached hydrogens (tertiary/aromatic N) is 2. The summed E-state index contributed by atoms with van der Waals surface area (Å²) in [6, 6.07) is 17.2. The minimum Gasteiger partial charge on any atom is -0.493 e. The maximum atomic E-state index is 11.5. The summed E-state index contributed by atoms with van der Waals surface area (Å²) >= 11 is 0. The fourth-order valence-electron chi connectivity index (χ4n) is 3.08. The van der Waals surface area contributed by atoms with E-state index in [1.165, 1.54) is 0 Å². The van der Waals surface area contributed by atoms with E-state index in [2.05, 4.69) is 22.4 Å². The first-order chi connectivity index (χ1) is 16.7. The van der Waals surface area contributed by atoms with Gasteiger partial charge in [0, 0.05) is 6.42 Å². The lowest BCUT2D eigenvalue weighted by Gasteiger charge is -2.08. The van der Waals surface area contributed by atoms with Crippen LogP contribution in [0, 0.1) is 0 Å². The molecule has 184 valence electrons. The molecule has 1 atom stereocenters. The van der Waals surface area contributed by atoms with Crippen LogP contribution in [0.15, 0.2) is 77.0 Å². The van der Waals surface area contributed by atoms with Gasteiger partial charge in [-0.15, -0.1) is 0 Å². The number of unbranched alkanes of at least 4 members (excludes halogenated alkanes) is 5. The average molecular weight is 469 g/mol. The van der Waals surface area contributed by atoms with Crippen molar-refractivity contribution in [2.45, 2.75) is 57.5 Å². The van der Waals surface area contributed by atoms with E-state index in [1.807, 2.05) is 54.6 Å². The lowest BCUT2D eigenvalue weighted by Crippen LogP contribution is -2.21. The summed E-state index contributed by atoms with van der Waals surface area (Å²) in [6.07, 6.45) is 10.8. The molecule has 0 spiro atoms. The zero-order chi connectivity index (χ0) is 24.3. The summed E-state index contributed by atoms with van der Waals surface area (Å²) in [5, 5.41) is 26.2. The van der Waals surface area contributed by atoms with Crippen LogP contribution in [0.3, 0.4) is 0 Å². The molecular formula is C27H36N2O5. The molecule has 2 N–H and O–H groups in total. The molecular weight excluding hydrogens is 432 g/mol. The first kappa shape index (κ1) is 27.2. The molecule has 0 aliphatic heterocycles. The molecule has 0 aliphatic rings. The van der Waals surface area contributed by atoms with Crippen LogP contribution in [0.4, 0.5) is 11.4 Å². The minimum absolute atomic E-state index is 0.138. The van der Waals surface area contributed by atoms with Crippen molar-refractivity contribution in [3.05, 3.63) is 66.7 Å². The zero-order valence-electron chi connectivity index (χ0n) is 19.7. The summed E-state index contributed by atoms with van der Waals surface area (Å²) in [4.78, 5) is 11.5. The quantitative estimate of drug-likeness (QED) is 0.127. The topological polar surface area (TPSA) is 101 Å². The number of hydrogen-bond acceptors (Lipinski definition) is 7. The predicted octanol–water partition coefficient (Wildman–Crippen LogP) is 6.05. The normalized spacial score (nSPS) is 12.3. The van der Waals surface area contributed by atoms with Gasteiger partial charge in [-0.3, -0.25) is 4.79 Å². The second-order valence-electron chi connectivity index (χ2n) is 7.96. The fourth-order valence-corrected chi connectivity index (χ4v) is 3.08. The summed E-state index contributed by atoms with van der Waals surface area (Å²) in [7, 11) is 0. The van der Waals surface area contributed by atoms with Crippen molar-refractivity contribution in [3.8, 4) is 5.75 Å². The van der Waals surface area contributed by atoms with Gasteiger partial charge in [0.15, 0.2) is 0 Å². The number of esters is 1. The van der Waals surface area contributed by atoms with Gasteiger partial charge in [0.25, 0.3) is 0 Å². The number of aliphatic hydroxyl groups is 2. The van der Waals surface area contributed by atoms with Crippen molar-refractivity contribution in [1.29, 1.82) is 0 Å². The largest absolute Gasteiger partial charge is 0.493 e. The van der Waals surface area contributed by atoms with Gasteiger partial charge in [0.1, 0.15) is 18.5 Å². The van der Waals surface area contributed by atoms with Gasteiger partial charge >= 0.3 is 5.97 Å². The number of carbonyl (C=O) groups excluding carboxylic acids is 1. The standard InChI is InChI=1S/C27H36N2O5/c30-21-25(31)22-34-27(32)15-11-6-4-2-1-3-5-7-12-20-33-26-18-16-24(17-19-26)29-28-23-13-9-8-10-14-23/h5,7-10,13-14,16-19,25,30-31H,1-4,6,11-12,15,20-22H2. The molecule has 2 rings (SSSR count). The Morgan fingerprint density at radius 2 is 1.50 bits per heavy atom. The van der Waals surface area contributed by atoms with Gasteiger partial charge in [-0.25, -0.2) is 0 Å². The molecule has 2 aromatic rings. The van der Waals surface area contributed by atoms with E-state index < -0.39 is 12.7 Å². The molecule has 0 bridgehead atoms. The van der Waals surface area contributed by atoms with Crippen molar-refractivity contribution in [2.24, 2.45) is 10.2 Å². The number of aliphatic hydroxyl groups excluding tert-OH is 2. The highest BCUT2D eigenvalue weighted by atomic mass is 16.5. The number of hydrogen-bond donors (Lipinski definition) is 2. The first-order valence-electron chi connectivity index (χ1n) is 12.0. The zero-order valence-corrected chi connectivity index (χ0v) is 19.7. The molecule has 0 amide bonds. The third-order valence-electron chi connectivity index (χ3n) is 4.99. The van der Waals surface area contributed by atoms with Gasteiger partial charge in [-0.2, -0.15) is 10.2 Å². The maximum absolute atomic E-state index is 11.5. The summed E-state index contributed by atoms with van der Waals surface area (Å²) in [5.74, 6) is 0.502. The van der Waals surface area contributed by atoms with Gasteiger partial charge in [0.2, 0.25) is 0 Å². The highest BCUT2D eigenvalue weighted by Crippen LogP contribution is 2.21. The third kappa shape index (κ3) is 12.9. The number of allylic oxidation sites excluding steroid dienone is 1. The smallest absolute Gasteiger partial charge is 0.305 e. The van der Waals surface area contributed by atoms with E-state index in [4.69, 9.17) is 19.7 Å². The molecule has 0 saturated heterocycles. The number of carbonyl (C=O) groups is 1. The Hall–Kier alpha value is -3.03. The highest BCUT2D eigenvalue weighted by molar-refractivity contribution is 5.69. The predicted molar refractivity (Wildman–Crippen MR) is 133 cm³/mol. The van der Waals surface area contributed by atoms with Crippen LogP contribution < -0.4 is 4.74 Å². The lowest BCUT2D eigenvalue weighted by atomic mass is 10.1. The second-order valence-corrected chi connectivity index (χ2v) is 7.96. The Kier molecular flexibility index (Phi) is 14.0. The summed E-state index contributed by atoms with van der Waals surface area (Å²) < 4.78 is 10.6. The van der Waals surface area contributed by atoms with E-state index in [0.717, 1.165) is 62.1 Å². The molecule has 7 heteroatoms. The SMILES string of the molecule is O=C(CCCCCCCC=CCCOc1ccc(N=Nc2ccccc2)cc1)OCC(O)CO. The van der Waals surface area contributed by atoms with E-state index in [9.17, 15) is 4.79 Å². The molecule has 0 fully saturated rings. The molecule has 0 saturated carbocycles. The summed E-state index contributed by atoms with van der Waals surface area (Å²) in [5.41, 5.74) is 1.61. The van der Waals surface area contributed by atoms with Gasteiger partial charge in [0.05, 0.1) is 24.6 Å². The highest BCUT2D eigenvalue weighted by Gasteiger charge is 2.07. The third-order valence-corrected chi connectivity index (χ3v) is 4.99. The Morgan fingerprint density at radius 3 is 2.24 bits per heavy atom. The average Bonchev–Trinajstić information content (AvgIpc) is 2.88. The van der Waals surface area contributed by atoms with Gasteiger partial charge < -0.3 is 19.7 Å². The number of ether oxygens (including phenoxy) is 2. The number of rotatable bonds is 17. The Labute approximate surface area is 202 Å². The van der Waals surface area contributed by atoms with Crippen LogP contribution >= 0.6 is 0 Å². The molecule has 0 radical (unpaired) electrons. The molecule has 34 heavy (non-hydrogen) atoms. The van der Waals surface area contributed by atoms with Crippen LogP contribution in [0.1, 0.15) is 51.4 Å². The van der Waals surface area contributed by atoms with Crippen molar-refractivity contribution in [3.63, 3.8) is 0 Å². The molecule has 0 aromatic heterocycles. The monoisotopic (exact) mass is 468 g/mol. The molecule has 1 unspecified atom stereocenters. The first-order valence-corrected chi connectivity index (χ1v) is 12.0. The van der Waals surface area contributed by atoms with Gasteiger partial charge in [-0.1, -0.05) is 49.6 Å². The van der Waals surface area contributed by atoms with Crippen molar-refractivity contribution in [2.75, 3.05) is 19.8 Å². The molecule has 0 aliphatic carbocycles. The van der Waals surface area contributed by atoms with Crippen molar-refractivity contribution >= 4 is 17.3 Å². The van der Waals surface area contributed by atoms with Crippen LogP contribution in [-0.4, -0.2) is 42.1 Å². The maximum Gasteiger partial charge on any atom is 0.305 e. The van der Waals surface area contributed by atoms with Crippen LogP contribution in [0.5, 0.6) is 5.75 Å². The number of benzene rings is 2. The van der Waals surface area contributed by atoms with Gasteiger partial charge in [-0.05, 0) is 62.1 Å². The minimum atomic E-state index is -0.988. The fraction of sp³-hybridized carbons (Fsp3) is 0.444. The Balaban J connectivity index is 1.44. The van der Waals surface area contributed by atoms with E-state index >= 15 is 0 Å². The summed E-state index contributed by atoms with van der Waals surface area (Å²) in [6.45, 7) is 0.0975. The lowest BCUT2D eigenvalue weighted by molar-refractivity contribution is -0.147. The Bertz CT molecular complexity index is 853. The van der Waals surface area contributed by atoms with Crippen molar-refractivity contribution < 1.29 is 24.5 Å². The van der Waals surface area contributed by atoms with Crippen LogP contribution in [-0.2, 0) is 9.53 Å². The van der Waals surface area contributed by atoms with E-state index in [0.29, 0.717) is 13.0 Å². The Morgan fingerprint density at radius 1 is 0.853 bits per heavy atom. The second kappa shape index (κ2) is 17.4. The molecule has 7 nitrogen and oxygen atoms in total. The van der Waals surface area contributed by atoms with E-state index in [-0.39, 0.29) is 12.6 Å².